The largest absolute Gasteiger partial charge is 0.467 e. The number of anilines is 1. The van der Waals surface area contributed by atoms with Gasteiger partial charge in [0.15, 0.2) is 0 Å². The number of para-hydroxylation sites is 1. The molecule has 0 aliphatic heterocycles. The molecule has 1 atom stereocenters. The maximum atomic E-state index is 12.1. The molecule has 1 unspecified atom stereocenters. The summed E-state index contributed by atoms with van der Waals surface area (Å²) in [6, 6.07) is 8.04. The Labute approximate surface area is 115 Å². The highest BCUT2D eigenvalue weighted by molar-refractivity contribution is 5.84. The van der Waals surface area contributed by atoms with E-state index in [0.717, 1.165) is 17.7 Å². The van der Waals surface area contributed by atoms with Crippen LogP contribution in [-0.4, -0.2) is 18.6 Å². The van der Waals surface area contributed by atoms with E-state index < -0.39 is 5.54 Å². The minimum Gasteiger partial charge on any atom is -0.467 e. The lowest BCUT2D eigenvalue weighted by molar-refractivity contribution is -0.146. The SMILES string of the molecule is COC(=O)C(C)(CC1CCC1)Nc1ccccc1C. The maximum Gasteiger partial charge on any atom is 0.331 e. The topological polar surface area (TPSA) is 38.3 Å². The third-order valence-electron chi connectivity index (χ3n) is 4.11. The van der Waals surface area contributed by atoms with E-state index in [0.29, 0.717) is 5.92 Å². The quantitative estimate of drug-likeness (QED) is 0.824. The minimum atomic E-state index is -0.633. The number of hydrogen-bond acceptors (Lipinski definition) is 3. The van der Waals surface area contributed by atoms with Crippen LogP contribution < -0.4 is 5.32 Å². The fourth-order valence-electron chi connectivity index (χ4n) is 2.70. The fraction of sp³-hybridized carbons (Fsp3) is 0.562. The molecule has 1 aromatic rings. The molecule has 0 spiro atoms. The Morgan fingerprint density at radius 2 is 2.11 bits per heavy atom. The average Bonchev–Trinajstić information content (AvgIpc) is 2.36. The van der Waals surface area contributed by atoms with Gasteiger partial charge in [0.2, 0.25) is 0 Å². The number of ether oxygens (including phenoxy) is 1. The molecular weight excluding hydrogens is 238 g/mol. The van der Waals surface area contributed by atoms with E-state index in [2.05, 4.69) is 5.32 Å². The summed E-state index contributed by atoms with van der Waals surface area (Å²) in [7, 11) is 1.46. The molecule has 0 bridgehead atoms. The van der Waals surface area contributed by atoms with Gasteiger partial charge in [0.25, 0.3) is 0 Å². The van der Waals surface area contributed by atoms with Crippen molar-refractivity contribution in [3.05, 3.63) is 29.8 Å². The summed E-state index contributed by atoms with van der Waals surface area (Å²) < 4.78 is 5.00. The minimum absolute atomic E-state index is 0.178. The zero-order valence-corrected chi connectivity index (χ0v) is 12.0. The van der Waals surface area contributed by atoms with Crippen LogP contribution in [0.15, 0.2) is 24.3 Å². The van der Waals surface area contributed by atoms with E-state index in [9.17, 15) is 4.79 Å². The molecule has 2 rings (SSSR count). The van der Waals surface area contributed by atoms with Crippen molar-refractivity contribution in [1.29, 1.82) is 0 Å². The molecule has 1 saturated carbocycles. The normalized spacial score (nSPS) is 18.3. The summed E-state index contributed by atoms with van der Waals surface area (Å²) >= 11 is 0. The molecule has 1 aliphatic rings. The van der Waals surface area contributed by atoms with E-state index in [4.69, 9.17) is 4.74 Å². The van der Waals surface area contributed by atoms with Crippen LogP contribution in [0.2, 0.25) is 0 Å². The first-order valence-electron chi connectivity index (χ1n) is 6.97. The van der Waals surface area contributed by atoms with E-state index in [-0.39, 0.29) is 5.97 Å². The molecule has 19 heavy (non-hydrogen) atoms. The first-order valence-corrected chi connectivity index (χ1v) is 6.97. The van der Waals surface area contributed by atoms with Crippen molar-refractivity contribution < 1.29 is 9.53 Å². The lowest BCUT2D eigenvalue weighted by Crippen LogP contribution is -2.46. The Balaban J connectivity index is 2.17. The molecule has 104 valence electrons. The van der Waals surface area contributed by atoms with Crippen molar-refractivity contribution in [2.75, 3.05) is 12.4 Å². The zero-order chi connectivity index (χ0) is 13.9. The van der Waals surface area contributed by atoms with Crippen molar-refractivity contribution in [2.45, 2.75) is 45.1 Å². The highest BCUT2D eigenvalue weighted by atomic mass is 16.5. The Hall–Kier alpha value is -1.51. The van der Waals surface area contributed by atoms with Crippen molar-refractivity contribution in [3.8, 4) is 0 Å². The number of carbonyl (C=O) groups excluding carboxylic acids is 1. The standard InChI is InChI=1S/C16H23NO2/c1-12-7-4-5-10-14(12)17-16(2,15(18)19-3)11-13-8-6-9-13/h4-5,7,10,13,17H,6,8-9,11H2,1-3H3. The summed E-state index contributed by atoms with van der Waals surface area (Å²) in [5, 5.41) is 3.40. The number of benzene rings is 1. The van der Waals surface area contributed by atoms with Gasteiger partial charge in [-0.3, -0.25) is 0 Å². The molecule has 1 fully saturated rings. The predicted octanol–water partition coefficient (Wildman–Crippen LogP) is 3.53. The average molecular weight is 261 g/mol. The van der Waals surface area contributed by atoms with E-state index >= 15 is 0 Å². The molecule has 1 aliphatic carbocycles. The van der Waals surface area contributed by atoms with Crippen LogP contribution in [0.1, 0.15) is 38.2 Å². The van der Waals surface area contributed by atoms with Crippen molar-refractivity contribution in [2.24, 2.45) is 5.92 Å². The molecule has 0 aromatic heterocycles. The number of nitrogens with one attached hydrogen (secondary N) is 1. The number of methoxy groups -OCH3 is 1. The van der Waals surface area contributed by atoms with Gasteiger partial charge >= 0.3 is 5.97 Å². The summed E-state index contributed by atoms with van der Waals surface area (Å²) in [4.78, 5) is 12.1. The molecule has 3 nitrogen and oxygen atoms in total. The second-order valence-corrected chi connectivity index (χ2v) is 5.76. The molecule has 0 amide bonds. The summed E-state index contributed by atoms with van der Waals surface area (Å²) in [6.45, 7) is 3.99. The molecular formula is C16H23NO2. The lowest BCUT2D eigenvalue weighted by atomic mass is 9.76. The monoisotopic (exact) mass is 261 g/mol. The first kappa shape index (κ1) is 13.9. The summed E-state index contributed by atoms with van der Waals surface area (Å²) in [5.74, 6) is 0.461. The maximum absolute atomic E-state index is 12.1. The van der Waals surface area contributed by atoms with Crippen molar-refractivity contribution in [1.82, 2.24) is 0 Å². The van der Waals surface area contributed by atoms with Gasteiger partial charge in [-0.25, -0.2) is 4.79 Å². The second-order valence-electron chi connectivity index (χ2n) is 5.76. The molecule has 1 aromatic carbocycles. The Morgan fingerprint density at radius 1 is 1.42 bits per heavy atom. The van der Waals surface area contributed by atoms with Gasteiger partial charge in [-0.1, -0.05) is 37.5 Å². The Bertz CT molecular complexity index is 454. The van der Waals surface area contributed by atoms with Gasteiger partial charge in [0.1, 0.15) is 5.54 Å². The van der Waals surface area contributed by atoms with Gasteiger partial charge in [0, 0.05) is 5.69 Å². The molecule has 0 saturated heterocycles. The Kier molecular flexibility index (Phi) is 4.13. The van der Waals surface area contributed by atoms with Crippen molar-refractivity contribution >= 4 is 11.7 Å². The van der Waals surface area contributed by atoms with Crippen LogP contribution in [-0.2, 0) is 9.53 Å². The number of hydrogen-bond donors (Lipinski definition) is 1. The van der Waals surface area contributed by atoms with Crippen LogP contribution in [0, 0.1) is 12.8 Å². The van der Waals surface area contributed by atoms with Crippen LogP contribution in [0.3, 0.4) is 0 Å². The number of rotatable bonds is 5. The van der Waals surface area contributed by atoms with Gasteiger partial charge in [-0.2, -0.15) is 0 Å². The second kappa shape index (κ2) is 5.64. The molecule has 1 N–H and O–H groups in total. The first-order chi connectivity index (χ1) is 9.05. The van der Waals surface area contributed by atoms with Crippen LogP contribution in [0.25, 0.3) is 0 Å². The molecule has 0 heterocycles. The van der Waals surface area contributed by atoms with Crippen molar-refractivity contribution in [3.63, 3.8) is 0 Å². The third kappa shape index (κ3) is 3.09. The smallest absolute Gasteiger partial charge is 0.331 e. The summed E-state index contributed by atoms with van der Waals surface area (Å²) in [6.07, 6.45) is 4.57. The lowest BCUT2D eigenvalue weighted by Gasteiger charge is -2.36. The van der Waals surface area contributed by atoms with Gasteiger partial charge in [-0.05, 0) is 37.8 Å². The highest BCUT2D eigenvalue weighted by Gasteiger charge is 2.38. The van der Waals surface area contributed by atoms with Crippen LogP contribution >= 0.6 is 0 Å². The zero-order valence-electron chi connectivity index (χ0n) is 12.0. The number of aryl methyl sites for hydroxylation is 1. The van der Waals surface area contributed by atoms with E-state index in [1.54, 1.807) is 0 Å². The van der Waals surface area contributed by atoms with Gasteiger partial charge < -0.3 is 10.1 Å². The highest BCUT2D eigenvalue weighted by Crippen LogP contribution is 2.36. The van der Waals surface area contributed by atoms with Gasteiger partial charge in [0.05, 0.1) is 7.11 Å². The van der Waals surface area contributed by atoms with Crippen LogP contribution in [0.4, 0.5) is 5.69 Å². The Morgan fingerprint density at radius 3 is 2.63 bits per heavy atom. The third-order valence-corrected chi connectivity index (χ3v) is 4.11. The molecule has 3 heteroatoms. The van der Waals surface area contributed by atoms with E-state index in [1.807, 2.05) is 38.1 Å². The van der Waals surface area contributed by atoms with E-state index in [1.165, 1.54) is 26.4 Å². The summed E-state index contributed by atoms with van der Waals surface area (Å²) in [5.41, 5.74) is 1.52. The molecule has 0 radical (unpaired) electrons. The fourth-order valence-corrected chi connectivity index (χ4v) is 2.70. The number of carbonyl (C=O) groups is 1. The number of esters is 1. The van der Waals surface area contributed by atoms with Crippen LogP contribution in [0.5, 0.6) is 0 Å². The van der Waals surface area contributed by atoms with Gasteiger partial charge in [-0.15, -0.1) is 0 Å². The predicted molar refractivity (Wildman–Crippen MR) is 77.2 cm³/mol.